The smallest absolute Gasteiger partial charge is 0.263 e. The van der Waals surface area contributed by atoms with Crippen LogP contribution >= 0.6 is 11.3 Å². The van der Waals surface area contributed by atoms with E-state index in [4.69, 9.17) is 10.5 Å². The molecule has 1 aromatic rings. The molecule has 20 heavy (non-hydrogen) atoms. The highest BCUT2D eigenvalue weighted by Crippen LogP contribution is 2.33. The lowest BCUT2D eigenvalue weighted by Crippen LogP contribution is -2.36. The molecule has 0 aliphatic carbocycles. The Labute approximate surface area is 124 Å². The van der Waals surface area contributed by atoms with Gasteiger partial charge in [0, 0.05) is 26.7 Å². The molecule has 1 amide bonds. The SMILES string of the molecule is CCCNC(=O)c1sc(N2CCC(OC)CC2)cc1N. The molecule has 112 valence electrons. The van der Waals surface area contributed by atoms with Crippen LogP contribution in [0.4, 0.5) is 10.7 Å². The van der Waals surface area contributed by atoms with Gasteiger partial charge < -0.3 is 20.7 Å². The van der Waals surface area contributed by atoms with Crippen molar-refractivity contribution in [3.63, 3.8) is 0 Å². The van der Waals surface area contributed by atoms with Crippen molar-refractivity contribution in [2.24, 2.45) is 0 Å². The molecule has 6 heteroatoms. The van der Waals surface area contributed by atoms with E-state index in [1.165, 1.54) is 11.3 Å². The van der Waals surface area contributed by atoms with E-state index in [0.717, 1.165) is 37.4 Å². The lowest BCUT2D eigenvalue weighted by Gasteiger charge is -2.31. The van der Waals surface area contributed by atoms with Gasteiger partial charge in [-0.1, -0.05) is 6.92 Å². The Bertz CT molecular complexity index is 453. The fraction of sp³-hybridized carbons (Fsp3) is 0.643. The maximum atomic E-state index is 12.0. The fourth-order valence-electron chi connectivity index (χ4n) is 2.36. The average Bonchev–Trinajstić information content (AvgIpc) is 2.87. The summed E-state index contributed by atoms with van der Waals surface area (Å²) >= 11 is 1.48. The Morgan fingerprint density at radius 2 is 2.25 bits per heavy atom. The third-order valence-corrected chi connectivity index (χ3v) is 4.79. The molecule has 0 saturated carbocycles. The third-order valence-electron chi connectivity index (χ3n) is 3.58. The number of rotatable bonds is 5. The Morgan fingerprint density at radius 1 is 1.55 bits per heavy atom. The largest absolute Gasteiger partial charge is 0.397 e. The predicted octanol–water partition coefficient (Wildman–Crippen LogP) is 2.09. The summed E-state index contributed by atoms with van der Waals surface area (Å²) in [6, 6.07) is 1.92. The first kappa shape index (κ1) is 15.1. The summed E-state index contributed by atoms with van der Waals surface area (Å²) in [5, 5.41) is 3.96. The molecule has 2 rings (SSSR count). The van der Waals surface area contributed by atoms with Crippen LogP contribution in [0.3, 0.4) is 0 Å². The molecule has 0 aromatic carbocycles. The topological polar surface area (TPSA) is 67.6 Å². The first-order chi connectivity index (χ1) is 9.65. The lowest BCUT2D eigenvalue weighted by molar-refractivity contribution is 0.0820. The minimum Gasteiger partial charge on any atom is -0.397 e. The number of carbonyl (C=O) groups is 1. The minimum atomic E-state index is -0.0626. The number of nitrogens with one attached hydrogen (secondary N) is 1. The molecular weight excluding hydrogens is 274 g/mol. The number of hydrogen-bond acceptors (Lipinski definition) is 5. The van der Waals surface area contributed by atoms with Crippen molar-refractivity contribution >= 4 is 27.9 Å². The van der Waals surface area contributed by atoms with Gasteiger partial charge in [0.15, 0.2) is 0 Å². The molecule has 0 unspecified atom stereocenters. The molecule has 0 atom stereocenters. The van der Waals surface area contributed by atoms with E-state index in [1.54, 1.807) is 7.11 Å². The highest BCUT2D eigenvalue weighted by Gasteiger charge is 2.22. The predicted molar refractivity (Wildman–Crippen MR) is 83.6 cm³/mol. The molecule has 1 aliphatic heterocycles. The molecule has 1 fully saturated rings. The number of methoxy groups -OCH3 is 1. The Kier molecular flexibility index (Phi) is 5.25. The number of nitrogen functional groups attached to an aromatic ring is 1. The van der Waals surface area contributed by atoms with Gasteiger partial charge in [-0.2, -0.15) is 0 Å². The Balaban J connectivity index is 2.02. The highest BCUT2D eigenvalue weighted by molar-refractivity contribution is 7.18. The Morgan fingerprint density at radius 3 is 2.85 bits per heavy atom. The van der Waals surface area contributed by atoms with Crippen molar-refractivity contribution in [3.8, 4) is 0 Å². The minimum absolute atomic E-state index is 0.0626. The zero-order chi connectivity index (χ0) is 14.5. The summed E-state index contributed by atoms with van der Waals surface area (Å²) in [4.78, 5) is 14.9. The van der Waals surface area contributed by atoms with Gasteiger partial charge in [-0.25, -0.2) is 0 Å². The van der Waals surface area contributed by atoms with Gasteiger partial charge in [-0.15, -0.1) is 11.3 Å². The summed E-state index contributed by atoms with van der Waals surface area (Å²) in [6.45, 7) is 4.62. The van der Waals surface area contributed by atoms with Crippen LogP contribution in [-0.2, 0) is 4.74 Å². The van der Waals surface area contributed by atoms with Crippen LogP contribution < -0.4 is 16.0 Å². The van der Waals surface area contributed by atoms with Gasteiger partial charge in [-0.05, 0) is 25.3 Å². The number of nitrogens with zero attached hydrogens (tertiary/aromatic N) is 1. The first-order valence-corrected chi connectivity index (χ1v) is 7.92. The zero-order valence-electron chi connectivity index (χ0n) is 12.1. The van der Waals surface area contributed by atoms with Crippen molar-refractivity contribution in [1.82, 2.24) is 5.32 Å². The summed E-state index contributed by atoms with van der Waals surface area (Å²) < 4.78 is 5.37. The molecule has 0 radical (unpaired) electrons. The van der Waals surface area contributed by atoms with Crippen LogP contribution in [-0.4, -0.2) is 38.8 Å². The summed E-state index contributed by atoms with van der Waals surface area (Å²) in [5.41, 5.74) is 6.55. The van der Waals surface area contributed by atoms with Crippen molar-refractivity contribution < 1.29 is 9.53 Å². The van der Waals surface area contributed by atoms with Gasteiger partial charge in [0.25, 0.3) is 5.91 Å². The zero-order valence-corrected chi connectivity index (χ0v) is 13.0. The number of thiophene rings is 1. The molecule has 0 bridgehead atoms. The lowest BCUT2D eigenvalue weighted by atomic mass is 10.1. The number of nitrogens with two attached hydrogens (primary N) is 1. The van der Waals surface area contributed by atoms with Crippen molar-refractivity contribution in [3.05, 3.63) is 10.9 Å². The van der Waals surface area contributed by atoms with E-state index in [1.807, 2.05) is 13.0 Å². The molecule has 2 heterocycles. The average molecular weight is 297 g/mol. The van der Waals surface area contributed by atoms with Gasteiger partial charge >= 0.3 is 0 Å². The normalized spacial score (nSPS) is 16.4. The third kappa shape index (κ3) is 3.43. The van der Waals surface area contributed by atoms with E-state index in [2.05, 4.69) is 10.2 Å². The monoisotopic (exact) mass is 297 g/mol. The maximum absolute atomic E-state index is 12.0. The second-order valence-corrected chi connectivity index (χ2v) is 6.08. The Hall–Kier alpha value is -1.27. The number of anilines is 2. The van der Waals surface area contributed by atoms with Gasteiger partial charge in [0.2, 0.25) is 0 Å². The number of amides is 1. The number of ether oxygens (including phenoxy) is 1. The molecule has 5 nitrogen and oxygen atoms in total. The molecular formula is C14H23N3O2S. The van der Waals surface area contributed by atoms with Crippen molar-refractivity contribution in [2.75, 3.05) is 37.4 Å². The van der Waals surface area contributed by atoms with E-state index < -0.39 is 0 Å². The van der Waals surface area contributed by atoms with E-state index in [0.29, 0.717) is 23.2 Å². The van der Waals surface area contributed by atoms with Crippen molar-refractivity contribution in [1.29, 1.82) is 0 Å². The molecule has 1 aromatic heterocycles. The van der Waals surface area contributed by atoms with Crippen molar-refractivity contribution in [2.45, 2.75) is 32.3 Å². The molecule has 1 saturated heterocycles. The number of piperidine rings is 1. The van der Waals surface area contributed by atoms with Crippen LogP contribution in [0.1, 0.15) is 35.9 Å². The second kappa shape index (κ2) is 6.95. The first-order valence-electron chi connectivity index (χ1n) is 7.11. The molecule has 1 aliphatic rings. The summed E-state index contributed by atoms with van der Waals surface area (Å²) in [6.07, 6.45) is 3.32. The van der Waals surface area contributed by atoms with Gasteiger partial charge in [0.1, 0.15) is 4.88 Å². The van der Waals surface area contributed by atoms with Gasteiger partial charge in [0.05, 0.1) is 16.8 Å². The van der Waals surface area contributed by atoms with E-state index >= 15 is 0 Å². The van der Waals surface area contributed by atoms with Crippen LogP contribution in [0.15, 0.2) is 6.07 Å². The van der Waals surface area contributed by atoms with Crippen LogP contribution in [0.25, 0.3) is 0 Å². The number of carbonyl (C=O) groups excluding carboxylic acids is 1. The quantitative estimate of drug-likeness (QED) is 0.873. The second-order valence-electron chi connectivity index (χ2n) is 5.05. The van der Waals surface area contributed by atoms with E-state index in [-0.39, 0.29) is 5.91 Å². The molecule has 0 spiro atoms. The van der Waals surface area contributed by atoms with Crippen LogP contribution in [0.2, 0.25) is 0 Å². The van der Waals surface area contributed by atoms with E-state index in [9.17, 15) is 4.79 Å². The highest BCUT2D eigenvalue weighted by atomic mass is 32.1. The standard InChI is InChI=1S/C14H23N3O2S/c1-3-6-16-14(18)13-11(15)9-12(20-13)17-7-4-10(19-2)5-8-17/h9-10H,3-8,15H2,1-2H3,(H,16,18). The summed E-state index contributed by atoms with van der Waals surface area (Å²) in [7, 11) is 1.76. The maximum Gasteiger partial charge on any atom is 0.263 e. The van der Waals surface area contributed by atoms with Crippen LogP contribution in [0.5, 0.6) is 0 Å². The number of hydrogen-bond donors (Lipinski definition) is 2. The van der Waals surface area contributed by atoms with Crippen LogP contribution in [0, 0.1) is 0 Å². The van der Waals surface area contributed by atoms with Gasteiger partial charge in [-0.3, -0.25) is 4.79 Å². The molecule has 3 N–H and O–H groups in total. The fourth-order valence-corrected chi connectivity index (χ4v) is 3.40. The summed E-state index contributed by atoms with van der Waals surface area (Å²) in [5.74, 6) is -0.0626.